The van der Waals surface area contributed by atoms with Crippen molar-refractivity contribution in [3.63, 3.8) is 0 Å². The molecule has 0 radical (unpaired) electrons. The third kappa shape index (κ3) is 5.30. The number of piperidine rings is 1. The summed E-state index contributed by atoms with van der Waals surface area (Å²) in [5, 5.41) is 6.79. The average Bonchev–Trinajstić information content (AvgIpc) is 2.61. The number of aliphatic imine (C=N–C) groups is 1. The Morgan fingerprint density at radius 1 is 1.29 bits per heavy atom. The first-order valence-corrected chi connectivity index (χ1v) is 8.50. The second-order valence-corrected chi connectivity index (χ2v) is 6.25. The highest BCUT2D eigenvalue weighted by Crippen LogP contribution is 2.24. The van der Waals surface area contributed by atoms with E-state index in [2.05, 4.69) is 27.6 Å². The molecule has 134 valence electrons. The molecule has 1 unspecified atom stereocenters. The van der Waals surface area contributed by atoms with Gasteiger partial charge in [-0.05, 0) is 44.5 Å². The number of nitrogens with zero attached hydrogens (tertiary/aromatic N) is 2. The topological polar surface area (TPSA) is 58.1 Å². The summed E-state index contributed by atoms with van der Waals surface area (Å²) >= 11 is 0. The molecule has 1 aromatic carbocycles. The second kappa shape index (κ2) is 9.37. The fourth-order valence-corrected chi connectivity index (χ4v) is 3.08. The molecule has 1 aliphatic heterocycles. The molecule has 1 fully saturated rings. The van der Waals surface area contributed by atoms with Gasteiger partial charge in [0.2, 0.25) is 0 Å². The second-order valence-electron chi connectivity index (χ2n) is 6.25. The van der Waals surface area contributed by atoms with E-state index in [1.165, 1.54) is 19.4 Å². The van der Waals surface area contributed by atoms with Crippen LogP contribution >= 0.6 is 0 Å². The van der Waals surface area contributed by atoms with Gasteiger partial charge in [0, 0.05) is 38.3 Å². The third-order valence-corrected chi connectivity index (χ3v) is 4.44. The summed E-state index contributed by atoms with van der Waals surface area (Å²) in [7, 11) is 7.31. The van der Waals surface area contributed by atoms with Gasteiger partial charge in [-0.2, -0.15) is 0 Å². The lowest BCUT2D eigenvalue weighted by molar-refractivity contribution is 0.210. The van der Waals surface area contributed by atoms with Crippen LogP contribution in [0.15, 0.2) is 23.2 Å². The number of benzene rings is 1. The predicted octanol–water partition coefficient (Wildman–Crippen LogP) is 1.71. The number of methoxy groups -OCH3 is 2. The molecule has 1 aliphatic rings. The van der Waals surface area contributed by atoms with E-state index >= 15 is 0 Å². The SMILES string of the molecule is CN=C(NCc1ccc(OC)cc1OC)NCC1CCCN(C)C1. The lowest BCUT2D eigenvalue weighted by atomic mass is 9.99. The molecule has 1 saturated heterocycles. The maximum atomic E-state index is 5.43. The number of likely N-dealkylation sites (tertiary alicyclic amines) is 1. The van der Waals surface area contributed by atoms with Crippen LogP contribution in [-0.2, 0) is 6.54 Å². The number of hydrogen-bond donors (Lipinski definition) is 2. The maximum absolute atomic E-state index is 5.43. The summed E-state index contributed by atoms with van der Waals surface area (Å²) in [4.78, 5) is 6.71. The summed E-state index contributed by atoms with van der Waals surface area (Å²) in [5.74, 6) is 3.10. The monoisotopic (exact) mass is 334 g/mol. The van der Waals surface area contributed by atoms with Crippen LogP contribution in [0.1, 0.15) is 18.4 Å². The summed E-state index contributed by atoms with van der Waals surface area (Å²) in [6.07, 6.45) is 2.55. The van der Waals surface area contributed by atoms with Crippen LogP contribution in [-0.4, -0.2) is 58.8 Å². The molecule has 0 amide bonds. The van der Waals surface area contributed by atoms with E-state index in [-0.39, 0.29) is 0 Å². The van der Waals surface area contributed by atoms with Gasteiger partial charge in [-0.15, -0.1) is 0 Å². The minimum absolute atomic E-state index is 0.650. The number of rotatable bonds is 6. The smallest absolute Gasteiger partial charge is 0.191 e. The molecular weight excluding hydrogens is 304 g/mol. The first kappa shape index (κ1) is 18.4. The first-order chi connectivity index (χ1) is 11.7. The zero-order chi connectivity index (χ0) is 17.4. The van der Waals surface area contributed by atoms with Gasteiger partial charge >= 0.3 is 0 Å². The zero-order valence-corrected chi connectivity index (χ0v) is 15.3. The van der Waals surface area contributed by atoms with Crippen molar-refractivity contribution in [2.75, 3.05) is 47.9 Å². The van der Waals surface area contributed by atoms with Gasteiger partial charge in [-0.1, -0.05) is 0 Å². The number of nitrogens with one attached hydrogen (secondary N) is 2. The van der Waals surface area contributed by atoms with Gasteiger partial charge in [0.15, 0.2) is 5.96 Å². The molecule has 0 aliphatic carbocycles. The van der Waals surface area contributed by atoms with Crippen molar-refractivity contribution in [1.29, 1.82) is 0 Å². The van der Waals surface area contributed by atoms with Crippen molar-refractivity contribution < 1.29 is 9.47 Å². The molecule has 6 nitrogen and oxygen atoms in total. The molecule has 2 N–H and O–H groups in total. The molecule has 2 rings (SSSR count). The fourth-order valence-electron chi connectivity index (χ4n) is 3.08. The minimum atomic E-state index is 0.650. The normalized spacial score (nSPS) is 19.0. The summed E-state index contributed by atoms with van der Waals surface area (Å²) < 4.78 is 10.7. The van der Waals surface area contributed by atoms with E-state index in [0.29, 0.717) is 12.5 Å². The predicted molar refractivity (Wildman–Crippen MR) is 98.0 cm³/mol. The van der Waals surface area contributed by atoms with Crippen molar-refractivity contribution in [1.82, 2.24) is 15.5 Å². The van der Waals surface area contributed by atoms with Crippen molar-refractivity contribution in [2.45, 2.75) is 19.4 Å². The molecule has 0 saturated carbocycles. The minimum Gasteiger partial charge on any atom is -0.497 e. The zero-order valence-electron chi connectivity index (χ0n) is 15.3. The van der Waals surface area contributed by atoms with E-state index in [9.17, 15) is 0 Å². The molecule has 24 heavy (non-hydrogen) atoms. The first-order valence-electron chi connectivity index (χ1n) is 8.50. The summed E-state index contributed by atoms with van der Waals surface area (Å²) in [6, 6.07) is 5.84. The van der Waals surface area contributed by atoms with E-state index in [1.807, 2.05) is 18.2 Å². The molecular formula is C18H30N4O2. The molecule has 1 aromatic rings. The standard InChI is InChI=1S/C18H30N4O2/c1-19-18(20-11-14-6-5-9-22(2)13-14)21-12-15-7-8-16(23-3)10-17(15)24-4/h7-8,10,14H,5-6,9,11-13H2,1-4H3,(H2,19,20,21). The molecule has 1 heterocycles. The van der Waals surface area contributed by atoms with Crippen LogP contribution in [0.2, 0.25) is 0 Å². The van der Waals surface area contributed by atoms with Gasteiger partial charge in [0.25, 0.3) is 0 Å². The van der Waals surface area contributed by atoms with E-state index < -0.39 is 0 Å². The Hall–Kier alpha value is -1.95. The quantitative estimate of drug-likeness (QED) is 0.613. The molecule has 6 heteroatoms. The van der Waals surface area contributed by atoms with Gasteiger partial charge in [0.1, 0.15) is 11.5 Å². The van der Waals surface area contributed by atoms with Gasteiger partial charge < -0.3 is 25.0 Å². The van der Waals surface area contributed by atoms with Crippen molar-refractivity contribution in [3.05, 3.63) is 23.8 Å². The van der Waals surface area contributed by atoms with Gasteiger partial charge in [0.05, 0.1) is 14.2 Å². The molecule has 0 aromatic heterocycles. The van der Waals surface area contributed by atoms with Crippen LogP contribution in [0.3, 0.4) is 0 Å². The Labute approximate surface area is 145 Å². The van der Waals surface area contributed by atoms with Crippen molar-refractivity contribution in [3.8, 4) is 11.5 Å². The van der Waals surface area contributed by atoms with Crippen molar-refractivity contribution >= 4 is 5.96 Å². The van der Waals surface area contributed by atoms with Crippen LogP contribution < -0.4 is 20.1 Å². The van der Waals surface area contributed by atoms with E-state index in [4.69, 9.17) is 9.47 Å². The highest BCUT2D eigenvalue weighted by Gasteiger charge is 2.17. The Bertz CT molecular complexity index is 548. The number of hydrogen-bond acceptors (Lipinski definition) is 4. The van der Waals surface area contributed by atoms with Crippen LogP contribution in [0, 0.1) is 5.92 Å². The van der Waals surface area contributed by atoms with Crippen LogP contribution in [0.4, 0.5) is 0 Å². The van der Waals surface area contributed by atoms with E-state index in [1.54, 1.807) is 21.3 Å². The Kier molecular flexibility index (Phi) is 7.18. The molecule has 0 spiro atoms. The average molecular weight is 334 g/mol. The maximum Gasteiger partial charge on any atom is 0.191 e. The number of guanidine groups is 1. The van der Waals surface area contributed by atoms with Crippen LogP contribution in [0.5, 0.6) is 11.5 Å². The number of ether oxygens (including phenoxy) is 2. The van der Waals surface area contributed by atoms with Gasteiger partial charge in [-0.3, -0.25) is 4.99 Å². The van der Waals surface area contributed by atoms with Crippen LogP contribution in [0.25, 0.3) is 0 Å². The molecule has 1 atom stereocenters. The lowest BCUT2D eigenvalue weighted by Gasteiger charge is -2.30. The summed E-state index contributed by atoms with van der Waals surface area (Å²) in [6.45, 7) is 3.96. The highest BCUT2D eigenvalue weighted by molar-refractivity contribution is 5.79. The van der Waals surface area contributed by atoms with E-state index in [0.717, 1.165) is 36.1 Å². The van der Waals surface area contributed by atoms with Gasteiger partial charge in [-0.25, -0.2) is 0 Å². The lowest BCUT2D eigenvalue weighted by Crippen LogP contribution is -2.43. The van der Waals surface area contributed by atoms with Crippen molar-refractivity contribution in [2.24, 2.45) is 10.9 Å². The molecule has 0 bridgehead atoms. The Morgan fingerprint density at radius 3 is 2.79 bits per heavy atom. The third-order valence-electron chi connectivity index (χ3n) is 4.44. The fraction of sp³-hybridized carbons (Fsp3) is 0.611. The highest BCUT2D eigenvalue weighted by atomic mass is 16.5. The summed E-state index contributed by atoms with van der Waals surface area (Å²) in [5.41, 5.74) is 1.07. The Balaban J connectivity index is 1.85. The Morgan fingerprint density at radius 2 is 2.12 bits per heavy atom. The largest absolute Gasteiger partial charge is 0.497 e.